The molecule has 2 aromatic carbocycles. The van der Waals surface area contributed by atoms with Crippen LogP contribution >= 0.6 is 11.6 Å². The molecular weight excluding hydrogens is 291 g/mol. The largest absolute Gasteiger partial charge is 0.396 e. The summed E-state index contributed by atoms with van der Waals surface area (Å²) in [5.74, 6) is -0.945. The molecule has 0 aliphatic rings. The maximum absolute atomic E-state index is 13.5. The van der Waals surface area contributed by atoms with Gasteiger partial charge in [0.05, 0.1) is 17.3 Å². The van der Waals surface area contributed by atoms with Crippen molar-refractivity contribution in [3.8, 4) is 0 Å². The number of hydrogen-bond donors (Lipinski definition) is 1. The summed E-state index contributed by atoms with van der Waals surface area (Å²) >= 11 is 6.15. The minimum Gasteiger partial charge on any atom is -0.396 e. The highest BCUT2D eigenvalue weighted by Gasteiger charge is 2.22. The number of rotatable bonds is 3. The average Bonchev–Trinajstić information content (AvgIpc) is 2.48. The van der Waals surface area contributed by atoms with Crippen LogP contribution in [0.1, 0.15) is 28.9 Å². The fourth-order valence-electron chi connectivity index (χ4n) is 2.11. The molecule has 2 aromatic rings. The van der Waals surface area contributed by atoms with Crippen LogP contribution < -0.4 is 5.73 Å². The Balaban J connectivity index is 2.31. The SMILES string of the molecule is CC(c1ccccc1Cl)N(C)C(=O)c1cccc(F)c1N. The summed E-state index contributed by atoms with van der Waals surface area (Å²) in [7, 11) is 1.64. The lowest BCUT2D eigenvalue weighted by Gasteiger charge is -2.26. The summed E-state index contributed by atoms with van der Waals surface area (Å²) in [6.45, 7) is 1.86. The van der Waals surface area contributed by atoms with E-state index in [1.165, 1.54) is 23.1 Å². The minimum atomic E-state index is -0.598. The lowest BCUT2D eigenvalue weighted by Crippen LogP contribution is -2.30. The molecule has 1 atom stereocenters. The fraction of sp³-hybridized carbons (Fsp3) is 0.188. The van der Waals surface area contributed by atoms with Crippen molar-refractivity contribution in [1.82, 2.24) is 4.90 Å². The predicted octanol–water partition coefficient (Wildman–Crippen LogP) is 3.89. The number of carbonyl (C=O) groups excluding carboxylic acids is 1. The third-order valence-electron chi connectivity index (χ3n) is 3.54. The number of nitrogen functional groups attached to an aromatic ring is 1. The second-order valence-electron chi connectivity index (χ2n) is 4.81. The molecule has 0 aliphatic carbocycles. The maximum atomic E-state index is 13.5. The first kappa shape index (κ1) is 15.3. The quantitative estimate of drug-likeness (QED) is 0.874. The van der Waals surface area contributed by atoms with Gasteiger partial charge in [0.25, 0.3) is 5.91 Å². The molecule has 3 nitrogen and oxygen atoms in total. The van der Waals surface area contributed by atoms with Gasteiger partial charge in [0, 0.05) is 12.1 Å². The number of halogens is 2. The minimum absolute atomic E-state index is 0.138. The zero-order chi connectivity index (χ0) is 15.6. The van der Waals surface area contributed by atoms with E-state index in [-0.39, 0.29) is 23.2 Å². The van der Waals surface area contributed by atoms with Crippen LogP contribution in [0.15, 0.2) is 42.5 Å². The summed E-state index contributed by atoms with van der Waals surface area (Å²) in [4.78, 5) is 14.0. The van der Waals surface area contributed by atoms with Crippen LogP contribution in [0.3, 0.4) is 0 Å². The van der Waals surface area contributed by atoms with Crippen LogP contribution in [-0.2, 0) is 0 Å². The second kappa shape index (κ2) is 6.14. The van der Waals surface area contributed by atoms with Gasteiger partial charge in [0.1, 0.15) is 5.82 Å². The Hall–Kier alpha value is -2.07. The number of hydrogen-bond acceptors (Lipinski definition) is 2. The van der Waals surface area contributed by atoms with Gasteiger partial charge in [-0.2, -0.15) is 0 Å². The van der Waals surface area contributed by atoms with E-state index in [1.54, 1.807) is 13.1 Å². The number of amides is 1. The van der Waals surface area contributed by atoms with Crippen LogP contribution in [0.2, 0.25) is 5.02 Å². The zero-order valence-electron chi connectivity index (χ0n) is 11.8. The molecule has 2 rings (SSSR count). The van der Waals surface area contributed by atoms with Gasteiger partial charge in [0.15, 0.2) is 0 Å². The molecule has 1 unspecified atom stereocenters. The number of anilines is 1. The highest BCUT2D eigenvalue weighted by Crippen LogP contribution is 2.28. The van der Waals surface area contributed by atoms with Crippen LogP contribution in [-0.4, -0.2) is 17.9 Å². The first-order valence-electron chi connectivity index (χ1n) is 6.49. The fourth-order valence-corrected chi connectivity index (χ4v) is 2.41. The van der Waals surface area contributed by atoms with E-state index in [2.05, 4.69) is 0 Å². The first-order chi connectivity index (χ1) is 9.93. The molecule has 1 amide bonds. The number of para-hydroxylation sites is 1. The highest BCUT2D eigenvalue weighted by molar-refractivity contribution is 6.31. The van der Waals surface area contributed by atoms with Crippen LogP contribution in [0.25, 0.3) is 0 Å². The van der Waals surface area contributed by atoms with Gasteiger partial charge in [-0.1, -0.05) is 35.9 Å². The molecule has 0 spiro atoms. The molecule has 0 heterocycles. The lowest BCUT2D eigenvalue weighted by molar-refractivity contribution is 0.0743. The molecule has 0 aromatic heterocycles. The Morgan fingerprint density at radius 3 is 2.57 bits per heavy atom. The standard InChI is InChI=1S/C16H16ClFN2O/c1-10(11-6-3-4-8-13(11)17)20(2)16(21)12-7-5-9-14(18)15(12)19/h3-10H,19H2,1-2H3. The van der Waals surface area contributed by atoms with E-state index >= 15 is 0 Å². The van der Waals surface area contributed by atoms with E-state index in [0.717, 1.165) is 5.56 Å². The van der Waals surface area contributed by atoms with Crippen molar-refractivity contribution in [1.29, 1.82) is 0 Å². The molecule has 110 valence electrons. The molecular formula is C16H16ClFN2O. The van der Waals surface area contributed by atoms with E-state index < -0.39 is 5.82 Å². The number of nitrogens with zero attached hydrogens (tertiary/aromatic N) is 1. The van der Waals surface area contributed by atoms with Crippen molar-refractivity contribution >= 4 is 23.2 Å². The van der Waals surface area contributed by atoms with Gasteiger partial charge in [-0.25, -0.2) is 4.39 Å². The van der Waals surface area contributed by atoms with Crippen molar-refractivity contribution in [3.05, 3.63) is 64.4 Å². The first-order valence-corrected chi connectivity index (χ1v) is 6.87. The third-order valence-corrected chi connectivity index (χ3v) is 3.88. The summed E-state index contributed by atoms with van der Waals surface area (Å²) in [6.07, 6.45) is 0. The monoisotopic (exact) mass is 306 g/mol. The van der Waals surface area contributed by atoms with Crippen molar-refractivity contribution in [2.75, 3.05) is 12.8 Å². The van der Waals surface area contributed by atoms with Gasteiger partial charge >= 0.3 is 0 Å². The van der Waals surface area contributed by atoms with Crippen molar-refractivity contribution in [2.45, 2.75) is 13.0 Å². The maximum Gasteiger partial charge on any atom is 0.256 e. The molecule has 0 saturated heterocycles. The lowest BCUT2D eigenvalue weighted by atomic mass is 10.1. The predicted molar refractivity (Wildman–Crippen MR) is 82.8 cm³/mol. The van der Waals surface area contributed by atoms with Crippen LogP contribution in [0, 0.1) is 5.82 Å². The normalized spacial score (nSPS) is 12.0. The number of carbonyl (C=O) groups is 1. The summed E-state index contributed by atoms with van der Waals surface area (Å²) in [5.41, 5.74) is 6.48. The Kier molecular flexibility index (Phi) is 4.48. The van der Waals surface area contributed by atoms with Gasteiger partial charge in [-0.3, -0.25) is 4.79 Å². The molecule has 0 radical (unpaired) electrons. The molecule has 5 heteroatoms. The number of benzene rings is 2. The van der Waals surface area contributed by atoms with E-state index in [9.17, 15) is 9.18 Å². The third kappa shape index (κ3) is 3.00. The molecule has 0 bridgehead atoms. The Morgan fingerprint density at radius 2 is 1.90 bits per heavy atom. The van der Waals surface area contributed by atoms with Crippen molar-refractivity contribution in [3.63, 3.8) is 0 Å². The van der Waals surface area contributed by atoms with Gasteiger partial charge in [-0.05, 0) is 30.7 Å². The summed E-state index contributed by atoms with van der Waals surface area (Å²) in [6, 6.07) is 11.2. The van der Waals surface area contributed by atoms with Crippen LogP contribution in [0.4, 0.5) is 10.1 Å². The van der Waals surface area contributed by atoms with Gasteiger partial charge < -0.3 is 10.6 Å². The smallest absolute Gasteiger partial charge is 0.256 e. The molecule has 2 N–H and O–H groups in total. The van der Waals surface area contributed by atoms with Crippen LogP contribution in [0.5, 0.6) is 0 Å². The molecule has 21 heavy (non-hydrogen) atoms. The Bertz CT molecular complexity index is 675. The molecule has 0 aliphatic heterocycles. The Morgan fingerprint density at radius 1 is 1.24 bits per heavy atom. The zero-order valence-corrected chi connectivity index (χ0v) is 12.6. The number of nitrogens with two attached hydrogens (primary N) is 1. The average molecular weight is 307 g/mol. The Labute approximate surface area is 128 Å². The van der Waals surface area contributed by atoms with E-state index in [4.69, 9.17) is 17.3 Å². The van der Waals surface area contributed by atoms with Crippen molar-refractivity contribution in [2.24, 2.45) is 0 Å². The topological polar surface area (TPSA) is 46.3 Å². The summed E-state index contributed by atoms with van der Waals surface area (Å²) < 4.78 is 13.5. The highest BCUT2D eigenvalue weighted by atomic mass is 35.5. The van der Waals surface area contributed by atoms with Gasteiger partial charge in [-0.15, -0.1) is 0 Å². The molecule has 0 fully saturated rings. The van der Waals surface area contributed by atoms with Gasteiger partial charge in [0.2, 0.25) is 0 Å². The van der Waals surface area contributed by atoms with E-state index in [1.807, 2.05) is 25.1 Å². The summed E-state index contributed by atoms with van der Waals surface area (Å²) in [5, 5.41) is 0.580. The van der Waals surface area contributed by atoms with E-state index in [0.29, 0.717) is 5.02 Å². The molecule has 0 saturated carbocycles. The second-order valence-corrected chi connectivity index (χ2v) is 5.22. The van der Waals surface area contributed by atoms with Crippen molar-refractivity contribution < 1.29 is 9.18 Å².